The van der Waals surface area contributed by atoms with Crippen molar-refractivity contribution in [2.24, 2.45) is 0 Å². The number of hydrogen-bond donors (Lipinski definition) is 1. The molecule has 0 saturated heterocycles. The van der Waals surface area contributed by atoms with Gasteiger partial charge in [0, 0.05) is 6.04 Å². The highest BCUT2D eigenvalue weighted by molar-refractivity contribution is 5.70. The Kier molecular flexibility index (Phi) is 7.73. The molecule has 0 fully saturated rings. The molecule has 0 aliphatic heterocycles. The highest BCUT2D eigenvalue weighted by atomic mass is 16.5. The molecular formula is C16H25NO3. The molecule has 4 nitrogen and oxygen atoms in total. The first kappa shape index (κ1) is 16.5. The SMILES string of the molecule is CCNC(CC(=O)OCC)Cc1ccc(OCC)cc1. The van der Waals surface area contributed by atoms with E-state index in [4.69, 9.17) is 9.47 Å². The normalized spacial score (nSPS) is 11.9. The number of carbonyl (C=O) groups is 1. The van der Waals surface area contributed by atoms with Crippen LogP contribution in [0.15, 0.2) is 24.3 Å². The number of nitrogens with one attached hydrogen (secondary N) is 1. The largest absolute Gasteiger partial charge is 0.494 e. The van der Waals surface area contributed by atoms with E-state index < -0.39 is 0 Å². The third-order valence-electron chi connectivity index (χ3n) is 2.93. The van der Waals surface area contributed by atoms with Crippen molar-refractivity contribution in [1.82, 2.24) is 5.32 Å². The lowest BCUT2D eigenvalue weighted by Gasteiger charge is -2.17. The molecule has 20 heavy (non-hydrogen) atoms. The van der Waals surface area contributed by atoms with Crippen LogP contribution in [0, 0.1) is 0 Å². The van der Waals surface area contributed by atoms with Gasteiger partial charge in [0.05, 0.1) is 19.6 Å². The molecule has 1 unspecified atom stereocenters. The molecule has 1 aromatic rings. The van der Waals surface area contributed by atoms with Crippen LogP contribution in [-0.2, 0) is 16.0 Å². The Labute approximate surface area is 121 Å². The van der Waals surface area contributed by atoms with Crippen molar-refractivity contribution in [3.63, 3.8) is 0 Å². The second-order valence-electron chi connectivity index (χ2n) is 4.54. The molecule has 0 saturated carbocycles. The zero-order valence-corrected chi connectivity index (χ0v) is 12.6. The molecule has 112 valence electrons. The molecule has 0 aliphatic rings. The van der Waals surface area contributed by atoms with E-state index in [9.17, 15) is 4.79 Å². The van der Waals surface area contributed by atoms with E-state index in [1.807, 2.05) is 45.0 Å². The first-order valence-electron chi connectivity index (χ1n) is 7.30. The van der Waals surface area contributed by atoms with Crippen LogP contribution in [-0.4, -0.2) is 31.8 Å². The van der Waals surface area contributed by atoms with Gasteiger partial charge in [0.25, 0.3) is 0 Å². The molecule has 1 rings (SSSR count). The summed E-state index contributed by atoms with van der Waals surface area (Å²) in [6.07, 6.45) is 1.20. The van der Waals surface area contributed by atoms with E-state index in [0.717, 1.165) is 18.7 Å². The minimum Gasteiger partial charge on any atom is -0.494 e. The van der Waals surface area contributed by atoms with Crippen LogP contribution < -0.4 is 10.1 Å². The molecule has 0 heterocycles. The Hall–Kier alpha value is -1.55. The summed E-state index contributed by atoms with van der Waals surface area (Å²) in [5, 5.41) is 3.33. The molecule has 0 spiro atoms. The number of carbonyl (C=O) groups excluding carboxylic acids is 1. The van der Waals surface area contributed by atoms with Crippen LogP contribution in [0.1, 0.15) is 32.8 Å². The van der Waals surface area contributed by atoms with Gasteiger partial charge in [-0.3, -0.25) is 4.79 Å². The van der Waals surface area contributed by atoms with E-state index in [1.54, 1.807) is 0 Å². The van der Waals surface area contributed by atoms with Gasteiger partial charge >= 0.3 is 5.97 Å². The van der Waals surface area contributed by atoms with Gasteiger partial charge in [-0.2, -0.15) is 0 Å². The molecule has 0 aromatic heterocycles. The molecule has 0 aliphatic carbocycles. The predicted molar refractivity (Wildman–Crippen MR) is 80.0 cm³/mol. The highest BCUT2D eigenvalue weighted by Gasteiger charge is 2.14. The summed E-state index contributed by atoms with van der Waals surface area (Å²) in [5.74, 6) is 0.728. The van der Waals surface area contributed by atoms with Gasteiger partial charge in [-0.1, -0.05) is 19.1 Å². The van der Waals surface area contributed by atoms with Crippen molar-refractivity contribution in [3.05, 3.63) is 29.8 Å². The summed E-state index contributed by atoms with van der Waals surface area (Å²) in [6, 6.07) is 8.12. The van der Waals surface area contributed by atoms with Gasteiger partial charge in [0.1, 0.15) is 5.75 Å². The molecule has 4 heteroatoms. The first-order valence-corrected chi connectivity index (χ1v) is 7.30. The lowest BCUT2D eigenvalue weighted by Crippen LogP contribution is -2.33. The van der Waals surface area contributed by atoms with Gasteiger partial charge < -0.3 is 14.8 Å². The van der Waals surface area contributed by atoms with E-state index in [2.05, 4.69) is 5.32 Å². The van der Waals surface area contributed by atoms with Crippen LogP contribution in [0.4, 0.5) is 0 Å². The highest BCUT2D eigenvalue weighted by Crippen LogP contribution is 2.14. The van der Waals surface area contributed by atoms with Crippen LogP contribution in [0.3, 0.4) is 0 Å². The van der Waals surface area contributed by atoms with Crippen LogP contribution in [0.5, 0.6) is 5.75 Å². The van der Waals surface area contributed by atoms with Gasteiger partial charge in [0.15, 0.2) is 0 Å². The third-order valence-corrected chi connectivity index (χ3v) is 2.93. The standard InChI is InChI=1S/C16H25NO3/c1-4-17-14(12-16(18)20-6-3)11-13-7-9-15(10-8-13)19-5-2/h7-10,14,17H,4-6,11-12H2,1-3H3. The molecule has 0 amide bonds. The Balaban J connectivity index is 2.57. The fraction of sp³-hybridized carbons (Fsp3) is 0.562. The van der Waals surface area contributed by atoms with Crippen molar-refractivity contribution in [1.29, 1.82) is 0 Å². The Morgan fingerprint density at radius 3 is 2.40 bits per heavy atom. The van der Waals surface area contributed by atoms with E-state index in [-0.39, 0.29) is 12.0 Å². The summed E-state index contributed by atoms with van der Waals surface area (Å²) >= 11 is 0. The van der Waals surface area contributed by atoms with Gasteiger partial charge in [0.2, 0.25) is 0 Å². The molecular weight excluding hydrogens is 254 g/mol. The zero-order chi connectivity index (χ0) is 14.8. The van der Waals surface area contributed by atoms with E-state index in [0.29, 0.717) is 19.6 Å². The Morgan fingerprint density at radius 1 is 1.15 bits per heavy atom. The number of likely N-dealkylation sites (N-methyl/N-ethyl adjacent to an activating group) is 1. The Bertz CT molecular complexity index is 389. The molecule has 1 N–H and O–H groups in total. The maximum absolute atomic E-state index is 11.6. The maximum atomic E-state index is 11.6. The minimum atomic E-state index is -0.149. The van der Waals surface area contributed by atoms with Crippen molar-refractivity contribution in [2.75, 3.05) is 19.8 Å². The second kappa shape index (κ2) is 9.37. The molecule has 1 atom stereocenters. The second-order valence-corrected chi connectivity index (χ2v) is 4.54. The summed E-state index contributed by atoms with van der Waals surface area (Å²) in [7, 11) is 0. The topological polar surface area (TPSA) is 47.6 Å². The van der Waals surface area contributed by atoms with Crippen molar-refractivity contribution in [3.8, 4) is 5.75 Å². The van der Waals surface area contributed by atoms with E-state index >= 15 is 0 Å². The summed E-state index contributed by atoms with van der Waals surface area (Å²) in [5.41, 5.74) is 1.18. The third kappa shape index (κ3) is 6.06. The number of benzene rings is 1. The van der Waals surface area contributed by atoms with Gasteiger partial charge in [-0.05, 0) is 44.5 Å². The summed E-state index contributed by atoms with van der Waals surface area (Å²) in [6.45, 7) is 7.77. The van der Waals surface area contributed by atoms with Crippen molar-refractivity contribution < 1.29 is 14.3 Å². The zero-order valence-electron chi connectivity index (χ0n) is 12.6. The molecule has 0 bridgehead atoms. The number of ether oxygens (including phenoxy) is 2. The molecule has 1 aromatic carbocycles. The average Bonchev–Trinajstić information content (AvgIpc) is 2.42. The smallest absolute Gasteiger partial charge is 0.307 e. The first-order chi connectivity index (χ1) is 9.69. The van der Waals surface area contributed by atoms with Crippen molar-refractivity contribution in [2.45, 2.75) is 39.7 Å². The quantitative estimate of drug-likeness (QED) is 0.706. The van der Waals surface area contributed by atoms with E-state index in [1.165, 1.54) is 5.56 Å². The van der Waals surface area contributed by atoms with Crippen LogP contribution >= 0.6 is 0 Å². The number of esters is 1. The summed E-state index contributed by atoms with van der Waals surface area (Å²) < 4.78 is 10.4. The lowest BCUT2D eigenvalue weighted by molar-refractivity contribution is -0.143. The van der Waals surface area contributed by atoms with Crippen molar-refractivity contribution >= 4 is 5.97 Å². The Morgan fingerprint density at radius 2 is 1.85 bits per heavy atom. The fourth-order valence-electron chi connectivity index (χ4n) is 2.10. The summed E-state index contributed by atoms with van der Waals surface area (Å²) in [4.78, 5) is 11.6. The van der Waals surface area contributed by atoms with Crippen LogP contribution in [0.2, 0.25) is 0 Å². The number of hydrogen-bond acceptors (Lipinski definition) is 4. The average molecular weight is 279 g/mol. The van der Waals surface area contributed by atoms with Gasteiger partial charge in [-0.15, -0.1) is 0 Å². The van der Waals surface area contributed by atoms with Crippen LogP contribution in [0.25, 0.3) is 0 Å². The predicted octanol–water partition coefficient (Wildman–Crippen LogP) is 2.56. The van der Waals surface area contributed by atoms with Gasteiger partial charge in [-0.25, -0.2) is 0 Å². The fourth-order valence-corrected chi connectivity index (χ4v) is 2.10. The molecule has 0 radical (unpaired) electrons. The lowest BCUT2D eigenvalue weighted by atomic mass is 10.0. The number of rotatable bonds is 9. The minimum absolute atomic E-state index is 0.108. The monoisotopic (exact) mass is 279 g/mol. The maximum Gasteiger partial charge on any atom is 0.307 e.